The van der Waals surface area contributed by atoms with Crippen LogP contribution in [0.15, 0.2) is 71.9 Å². The van der Waals surface area contributed by atoms with Crippen LogP contribution in [-0.2, 0) is 32.1 Å². The number of carbonyl (C=O) groups is 5. The van der Waals surface area contributed by atoms with Crippen LogP contribution in [0, 0.1) is 5.82 Å². The fourth-order valence-electron chi connectivity index (χ4n) is 7.51. The summed E-state index contributed by atoms with van der Waals surface area (Å²) in [6.45, 7) is 2.52. The number of amides is 4. The van der Waals surface area contributed by atoms with Gasteiger partial charge in [0.15, 0.2) is 5.78 Å². The maximum Gasteiger partial charge on any atom is 0.255 e. The molecule has 16 heteroatoms. The molecular formula is C42H43ClFN7O6S. The Morgan fingerprint density at radius 3 is 2.69 bits per heavy atom. The standard InChI is InChI=1S/C42H43ClFN7O6S/c1-57-36-22-34-30(40(46-24-45-34)48-27-9-10-33(44)32(43)21-27)20-25(36)19-28(52)5-3-15-50-16-13-26(14-17-50)47-38(53)8-4-18-58-37-7-2-6-29-31(37)23-51(42(29)56)35-11-12-39(54)49-41(35)55/h2-3,5-7,9-10,20-22,24,26,35H,4,8,11-19,23H2,1H3,(H,47,53)(H,45,46,48)(H,49,54,55)/b5-3+. The zero-order valence-electron chi connectivity index (χ0n) is 31.9. The summed E-state index contributed by atoms with van der Waals surface area (Å²) in [6, 6.07) is 12.9. The molecule has 3 aromatic carbocycles. The average Bonchev–Trinajstić information content (AvgIpc) is 3.54. The van der Waals surface area contributed by atoms with Crippen LogP contribution in [0.4, 0.5) is 15.9 Å². The Balaban J connectivity index is 0.830. The van der Waals surface area contributed by atoms with Crippen molar-refractivity contribution >= 4 is 75.2 Å². The number of halogens is 2. The molecule has 0 spiro atoms. The molecule has 3 N–H and O–H groups in total. The molecule has 1 unspecified atom stereocenters. The van der Waals surface area contributed by atoms with Crippen molar-refractivity contribution in [3.05, 3.63) is 94.5 Å². The molecule has 1 atom stereocenters. The Kier molecular flexibility index (Phi) is 13.0. The second kappa shape index (κ2) is 18.5. The van der Waals surface area contributed by atoms with Gasteiger partial charge >= 0.3 is 0 Å². The third-order valence-corrected chi connectivity index (χ3v) is 12.0. The van der Waals surface area contributed by atoms with Crippen LogP contribution >= 0.6 is 23.4 Å². The molecule has 0 aliphatic carbocycles. The topological polar surface area (TPSA) is 163 Å². The van der Waals surface area contributed by atoms with Crippen molar-refractivity contribution in [2.75, 3.05) is 37.8 Å². The molecule has 2 fully saturated rings. The SMILES string of the molecule is COc1cc2ncnc(Nc3ccc(F)c(Cl)c3)c2cc1CC(=O)/C=C/CN1CCC(NC(=O)CCCSc2cccc3c2CN(C2CCC(=O)NC2=O)C3=O)CC1. The van der Waals surface area contributed by atoms with Crippen LogP contribution in [0.1, 0.15) is 60.0 Å². The molecule has 58 heavy (non-hydrogen) atoms. The Morgan fingerprint density at radius 1 is 1.09 bits per heavy atom. The van der Waals surface area contributed by atoms with Crippen LogP contribution in [0.25, 0.3) is 10.9 Å². The number of rotatable bonds is 15. The molecule has 7 rings (SSSR count). The third-order valence-electron chi connectivity index (χ3n) is 10.5. The molecule has 302 valence electrons. The highest BCUT2D eigenvalue weighted by molar-refractivity contribution is 7.99. The molecule has 0 bridgehead atoms. The number of ketones is 1. The van der Waals surface area contributed by atoms with Crippen molar-refractivity contribution in [3.63, 3.8) is 0 Å². The van der Waals surface area contributed by atoms with Crippen LogP contribution < -0.4 is 20.7 Å². The Labute approximate surface area is 344 Å². The fourth-order valence-corrected chi connectivity index (χ4v) is 8.73. The van der Waals surface area contributed by atoms with Crippen molar-refractivity contribution < 1.29 is 33.1 Å². The minimum absolute atomic E-state index is 0.0143. The second-order valence-corrected chi connectivity index (χ2v) is 16.0. The molecule has 4 aromatic rings. The number of hydrogen-bond acceptors (Lipinski definition) is 11. The molecule has 4 amide bonds. The number of aromatic nitrogens is 2. The van der Waals surface area contributed by atoms with E-state index in [4.69, 9.17) is 16.3 Å². The van der Waals surface area contributed by atoms with Gasteiger partial charge in [0.2, 0.25) is 17.7 Å². The number of nitrogens with one attached hydrogen (secondary N) is 3. The van der Waals surface area contributed by atoms with Gasteiger partial charge in [0.1, 0.15) is 29.8 Å². The van der Waals surface area contributed by atoms with E-state index in [0.717, 1.165) is 36.4 Å². The van der Waals surface area contributed by atoms with Crippen molar-refractivity contribution in [2.45, 2.75) is 68.5 Å². The highest BCUT2D eigenvalue weighted by Crippen LogP contribution is 2.35. The molecule has 3 aliphatic rings. The van der Waals surface area contributed by atoms with E-state index in [9.17, 15) is 28.4 Å². The number of benzene rings is 3. The molecule has 0 radical (unpaired) electrons. The summed E-state index contributed by atoms with van der Waals surface area (Å²) in [5.41, 5.74) is 3.31. The summed E-state index contributed by atoms with van der Waals surface area (Å²) in [7, 11) is 1.54. The van der Waals surface area contributed by atoms with Crippen molar-refractivity contribution in [3.8, 4) is 5.75 Å². The number of thioether (sulfide) groups is 1. The summed E-state index contributed by atoms with van der Waals surface area (Å²) in [6.07, 6.45) is 8.19. The molecule has 3 aliphatic heterocycles. The number of imide groups is 1. The smallest absolute Gasteiger partial charge is 0.255 e. The number of allylic oxidation sites excluding steroid dienone is 1. The lowest BCUT2D eigenvalue weighted by atomic mass is 10.0. The number of methoxy groups -OCH3 is 1. The van der Waals surface area contributed by atoms with Crippen LogP contribution in [0.5, 0.6) is 5.75 Å². The van der Waals surface area contributed by atoms with Crippen LogP contribution in [-0.4, -0.2) is 93.8 Å². The van der Waals surface area contributed by atoms with E-state index in [2.05, 4.69) is 30.8 Å². The maximum atomic E-state index is 13.7. The fraction of sp³-hybridized carbons (Fsp3) is 0.357. The third kappa shape index (κ3) is 9.65. The van der Waals surface area contributed by atoms with Gasteiger partial charge in [0, 0.05) is 84.6 Å². The minimum Gasteiger partial charge on any atom is -0.496 e. The number of piperidine rings is 2. The van der Waals surface area contributed by atoms with E-state index >= 15 is 0 Å². The monoisotopic (exact) mass is 827 g/mol. The van der Waals surface area contributed by atoms with Gasteiger partial charge in [-0.3, -0.25) is 34.2 Å². The van der Waals surface area contributed by atoms with Gasteiger partial charge in [-0.1, -0.05) is 23.7 Å². The van der Waals surface area contributed by atoms with Gasteiger partial charge in [-0.05, 0) is 79.5 Å². The predicted molar refractivity (Wildman–Crippen MR) is 219 cm³/mol. The second-order valence-electron chi connectivity index (χ2n) is 14.5. The Morgan fingerprint density at radius 2 is 1.91 bits per heavy atom. The molecular weight excluding hydrogens is 785 g/mol. The van der Waals surface area contributed by atoms with E-state index in [1.54, 1.807) is 48.0 Å². The van der Waals surface area contributed by atoms with Gasteiger partial charge < -0.3 is 20.3 Å². The highest BCUT2D eigenvalue weighted by Gasteiger charge is 2.39. The number of anilines is 2. The lowest BCUT2D eigenvalue weighted by Crippen LogP contribution is -2.52. The van der Waals surface area contributed by atoms with Gasteiger partial charge in [-0.15, -0.1) is 11.8 Å². The minimum atomic E-state index is -0.655. The lowest BCUT2D eigenvalue weighted by Gasteiger charge is -2.31. The van der Waals surface area contributed by atoms with Crippen molar-refractivity contribution in [1.82, 2.24) is 30.4 Å². The molecule has 4 heterocycles. The van der Waals surface area contributed by atoms with Gasteiger partial charge in [0.05, 0.1) is 17.6 Å². The first-order chi connectivity index (χ1) is 28.1. The van der Waals surface area contributed by atoms with Crippen molar-refractivity contribution in [2.24, 2.45) is 0 Å². The largest absolute Gasteiger partial charge is 0.496 e. The van der Waals surface area contributed by atoms with E-state index < -0.39 is 17.8 Å². The summed E-state index contributed by atoms with van der Waals surface area (Å²) in [5.74, 6) is 0.173. The van der Waals surface area contributed by atoms with Gasteiger partial charge in [0.25, 0.3) is 5.91 Å². The number of fused-ring (bicyclic) bond motifs is 2. The summed E-state index contributed by atoms with van der Waals surface area (Å²) >= 11 is 7.56. The molecule has 1 aromatic heterocycles. The van der Waals surface area contributed by atoms with Crippen LogP contribution in [0.3, 0.4) is 0 Å². The quantitative estimate of drug-likeness (QED) is 0.0579. The first-order valence-electron chi connectivity index (χ1n) is 19.2. The Bertz CT molecular complexity index is 2280. The van der Waals surface area contributed by atoms with E-state index in [1.807, 2.05) is 24.3 Å². The highest BCUT2D eigenvalue weighted by atomic mass is 35.5. The van der Waals surface area contributed by atoms with E-state index in [1.165, 1.54) is 18.5 Å². The maximum absolute atomic E-state index is 13.7. The lowest BCUT2D eigenvalue weighted by molar-refractivity contribution is -0.137. The van der Waals surface area contributed by atoms with Crippen molar-refractivity contribution in [1.29, 1.82) is 0 Å². The summed E-state index contributed by atoms with van der Waals surface area (Å²) in [4.78, 5) is 76.5. The number of hydrogen-bond donors (Lipinski definition) is 3. The van der Waals surface area contributed by atoms with E-state index in [0.29, 0.717) is 77.4 Å². The molecule has 0 saturated carbocycles. The summed E-state index contributed by atoms with van der Waals surface area (Å²) < 4.78 is 19.3. The van der Waals surface area contributed by atoms with Gasteiger partial charge in [-0.2, -0.15) is 0 Å². The number of ether oxygens (including phenoxy) is 1. The first-order valence-corrected chi connectivity index (χ1v) is 20.6. The zero-order valence-corrected chi connectivity index (χ0v) is 33.5. The number of likely N-dealkylation sites (tertiary alicyclic amines) is 1. The molecule has 2 saturated heterocycles. The van der Waals surface area contributed by atoms with E-state index in [-0.39, 0.29) is 47.4 Å². The van der Waals surface area contributed by atoms with Gasteiger partial charge in [-0.25, -0.2) is 14.4 Å². The Hall–Kier alpha value is -5.38. The van der Waals surface area contributed by atoms with Crippen LogP contribution in [0.2, 0.25) is 5.02 Å². The molecule has 13 nitrogen and oxygen atoms in total. The number of nitrogens with zero attached hydrogens (tertiary/aromatic N) is 4. The first kappa shape index (κ1) is 40.8. The summed E-state index contributed by atoms with van der Waals surface area (Å²) in [5, 5.41) is 9.32. The number of carbonyl (C=O) groups excluding carboxylic acids is 5. The average molecular weight is 828 g/mol. The zero-order chi connectivity index (χ0) is 40.8. The normalized spacial score (nSPS) is 17.5. The predicted octanol–water partition coefficient (Wildman–Crippen LogP) is 5.76.